The van der Waals surface area contributed by atoms with E-state index in [1.54, 1.807) is 24.3 Å². The maximum atomic E-state index is 11.6. The quantitative estimate of drug-likeness (QED) is 0.431. The van der Waals surface area contributed by atoms with Crippen molar-refractivity contribution in [2.24, 2.45) is 0 Å². The van der Waals surface area contributed by atoms with E-state index in [1.807, 2.05) is 0 Å². The number of hydrogen-bond acceptors (Lipinski definition) is 4. The molecule has 0 saturated carbocycles. The molecule has 0 amide bonds. The molecule has 0 aromatic heterocycles. The number of aryl methyl sites for hydroxylation is 1. The van der Waals surface area contributed by atoms with Crippen molar-refractivity contribution in [2.75, 3.05) is 0 Å². The Morgan fingerprint density at radius 2 is 1.65 bits per heavy atom. The number of phenolic OH excluding ortho intramolecular Hbond substituents is 1. The van der Waals surface area contributed by atoms with Crippen LogP contribution in [-0.4, -0.2) is 18.1 Å². The van der Waals surface area contributed by atoms with Gasteiger partial charge in [-0.2, -0.15) is 8.42 Å². The van der Waals surface area contributed by atoms with Gasteiger partial charge in [-0.1, -0.05) is 51.2 Å². The molecule has 2 rings (SSSR count). The van der Waals surface area contributed by atoms with Gasteiger partial charge in [-0.3, -0.25) is 4.55 Å². The summed E-state index contributed by atoms with van der Waals surface area (Å²) in [6.07, 6.45) is 7.52. The van der Waals surface area contributed by atoms with Gasteiger partial charge in [0.05, 0.1) is 4.90 Å². The smallest absolute Gasteiger partial charge is 0.294 e. The Morgan fingerprint density at radius 3 is 2.35 bits per heavy atom. The number of para-hydroxylation sites is 2. The second-order valence-corrected chi connectivity index (χ2v) is 7.80. The lowest BCUT2D eigenvalue weighted by Crippen LogP contribution is -2.00. The molecule has 0 heterocycles. The Labute approximate surface area is 155 Å². The fourth-order valence-electron chi connectivity index (χ4n) is 2.76. The molecule has 142 valence electrons. The van der Waals surface area contributed by atoms with Crippen LogP contribution in [0.5, 0.6) is 17.2 Å². The zero-order valence-electron chi connectivity index (χ0n) is 15.0. The Morgan fingerprint density at radius 1 is 0.962 bits per heavy atom. The number of benzene rings is 2. The van der Waals surface area contributed by atoms with Crippen molar-refractivity contribution in [2.45, 2.75) is 56.8 Å². The van der Waals surface area contributed by atoms with E-state index in [0.29, 0.717) is 6.42 Å². The number of hydrogen-bond donors (Lipinski definition) is 2. The minimum absolute atomic E-state index is 0.0396. The summed E-state index contributed by atoms with van der Waals surface area (Å²) in [6.45, 7) is 2.17. The van der Waals surface area contributed by atoms with E-state index < -0.39 is 10.1 Å². The van der Waals surface area contributed by atoms with Crippen molar-refractivity contribution < 1.29 is 22.8 Å². The van der Waals surface area contributed by atoms with Crippen molar-refractivity contribution in [3.05, 3.63) is 48.0 Å². The molecule has 0 unspecified atom stereocenters. The van der Waals surface area contributed by atoms with Gasteiger partial charge < -0.3 is 9.84 Å². The van der Waals surface area contributed by atoms with Gasteiger partial charge >= 0.3 is 0 Å². The summed E-state index contributed by atoms with van der Waals surface area (Å²) in [4.78, 5) is -0.202. The lowest BCUT2D eigenvalue weighted by molar-refractivity contribution is 0.410. The molecule has 0 atom stereocenters. The summed E-state index contributed by atoms with van der Waals surface area (Å²) >= 11 is 0. The van der Waals surface area contributed by atoms with Gasteiger partial charge in [0.15, 0.2) is 11.5 Å². The van der Waals surface area contributed by atoms with Gasteiger partial charge in [0.25, 0.3) is 10.1 Å². The van der Waals surface area contributed by atoms with E-state index in [2.05, 4.69) is 6.92 Å². The molecule has 0 radical (unpaired) electrons. The second-order valence-electron chi connectivity index (χ2n) is 6.38. The number of unbranched alkanes of at least 4 members (excludes halogenated alkanes) is 5. The third kappa shape index (κ3) is 6.35. The fourth-order valence-corrected chi connectivity index (χ4v) is 3.33. The van der Waals surface area contributed by atoms with Crippen molar-refractivity contribution in [3.63, 3.8) is 0 Å². The molecule has 5 nitrogen and oxygen atoms in total. The highest BCUT2D eigenvalue weighted by Gasteiger charge is 2.14. The van der Waals surface area contributed by atoms with Gasteiger partial charge in [-0.25, -0.2) is 0 Å². The van der Waals surface area contributed by atoms with Gasteiger partial charge in [0.1, 0.15) is 5.75 Å². The first-order chi connectivity index (χ1) is 12.4. The van der Waals surface area contributed by atoms with Gasteiger partial charge in [-0.05, 0) is 42.7 Å². The Bertz CT molecular complexity index is 815. The summed E-state index contributed by atoms with van der Waals surface area (Å²) in [5.74, 6) is 0.454. The maximum Gasteiger partial charge on any atom is 0.294 e. The highest BCUT2D eigenvalue weighted by molar-refractivity contribution is 7.85. The molecule has 2 aromatic carbocycles. The number of aromatic hydroxyl groups is 1. The average Bonchev–Trinajstić information content (AvgIpc) is 2.59. The molecule has 6 heteroatoms. The van der Waals surface area contributed by atoms with Gasteiger partial charge in [0.2, 0.25) is 0 Å². The molecular formula is C20H26O5S. The molecule has 2 aromatic rings. The number of ether oxygens (including phenoxy) is 1. The lowest BCUT2D eigenvalue weighted by atomic mass is 10.0. The Kier molecular flexibility index (Phi) is 7.48. The zero-order chi connectivity index (χ0) is 19.0. The van der Waals surface area contributed by atoms with Crippen LogP contribution in [0.15, 0.2) is 47.4 Å². The van der Waals surface area contributed by atoms with E-state index in [1.165, 1.54) is 37.5 Å². The van der Waals surface area contributed by atoms with E-state index in [9.17, 15) is 18.1 Å². The first-order valence-corrected chi connectivity index (χ1v) is 10.4. The van der Waals surface area contributed by atoms with E-state index in [-0.39, 0.29) is 22.1 Å². The molecule has 26 heavy (non-hydrogen) atoms. The van der Waals surface area contributed by atoms with Crippen LogP contribution in [0, 0.1) is 0 Å². The summed E-state index contributed by atoms with van der Waals surface area (Å²) in [5.41, 5.74) is 0.779. The normalized spacial score (nSPS) is 11.5. The van der Waals surface area contributed by atoms with Crippen LogP contribution >= 0.6 is 0 Å². The summed E-state index contributed by atoms with van der Waals surface area (Å²) in [5, 5.41) is 9.82. The first kappa shape index (κ1) is 20.3. The summed E-state index contributed by atoms with van der Waals surface area (Å²) < 4.78 is 38.1. The van der Waals surface area contributed by atoms with Crippen molar-refractivity contribution in [1.29, 1.82) is 0 Å². The van der Waals surface area contributed by atoms with Crippen LogP contribution < -0.4 is 4.74 Å². The monoisotopic (exact) mass is 378 g/mol. The Hall–Kier alpha value is -2.05. The van der Waals surface area contributed by atoms with Crippen LogP contribution in [0.3, 0.4) is 0 Å². The predicted molar refractivity (Wildman–Crippen MR) is 102 cm³/mol. The fraction of sp³-hybridized carbons (Fsp3) is 0.400. The SMILES string of the molecule is CCCCCCCCc1cc(Oc2ccccc2O)cc(S(=O)(=O)O)c1. The lowest BCUT2D eigenvalue weighted by Gasteiger charge is -2.11. The molecule has 0 fully saturated rings. The first-order valence-electron chi connectivity index (χ1n) is 8.97. The summed E-state index contributed by atoms with van der Waals surface area (Å²) in [7, 11) is -4.34. The van der Waals surface area contributed by atoms with Gasteiger partial charge in [0, 0.05) is 6.07 Å². The minimum atomic E-state index is -4.34. The highest BCUT2D eigenvalue weighted by Crippen LogP contribution is 2.32. The topological polar surface area (TPSA) is 83.8 Å². The third-order valence-corrected chi connectivity index (χ3v) is 4.98. The molecule has 0 spiro atoms. The average molecular weight is 378 g/mol. The number of phenols is 1. The largest absolute Gasteiger partial charge is 0.504 e. The minimum Gasteiger partial charge on any atom is -0.504 e. The van der Waals surface area contributed by atoms with Crippen molar-refractivity contribution in [3.8, 4) is 17.2 Å². The highest BCUT2D eigenvalue weighted by atomic mass is 32.2. The standard InChI is InChI=1S/C20H26O5S/c1-2-3-4-5-6-7-10-16-13-17(15-18(14-16)26(22,23)24)25-20-12-9-8-11-19(20)21/h8-9,11-15,21H,2-7,10H2,1H3,(H,22,23,24). The molecular weight excluding hydrogens is 352 g/mol. The van der Waals surface area contributed by atoms with Gasteiger partial charge in [-0.15, -0.1) is 0 Å². The molecule has 0 aliphatic heterocycles. The van der Waals surface area contributed by atoms with E-state index >= 15 is 0 Å². The third-order valence-electron chi connectivity index (χ3n) is 4.15. The van der Waals surface area contributed by atoms with Crippen LogP contribution in [0.4, 0.5) is 0 Å². The van der Waals surface area contributed by atoms with Crippen LogP contribution in [0.1, 0.15) is 51.0 Å². The van der Waals surface area contributed by atoms with E-state index in [4.69, 9.17) is 4.74 Å². The predicted octanol–water partition coefficient (Wildman–Crippen LogP) is 5.33. The molecule has 2 N–H and O–H groups in total. The summed E-state index contributed by atoms with van der Waals surface area (Å²) in [6, 6.07) is 10.9. The van der Waals surface area contributed by atoms with Crippen LogP contribution in [0.2, 0.25) is 0 Å². The number of rotatable bonds is 10. The molecule has 0 aliphatic rings. The maximum absolute atomic E-state index is 11.6. The van der Waals surface area contributed by atoms with E-state index in [0.717, 1.165) is 24.8 Å². The van der Waals surface area contributed by atoms with Crippen LogP contribution in [-0.2, 0) is 16.5 Å². The zero-order valence-corrected chi connectivity index (χ0v) is 15.8. The molecule has 0 saturated heterocycles. The molecule has 0 aliphatic carbocycles. The van der Waals surface area contributed by atoms with Crippen molar-refractivity contribution in [1.82, 2.24) is 0 Å². The Balaban J connectivity index is 2.13. The molecule has 0 bridgehead atoms. The second kappa shape index (κ2) is 9.59. The van der Waals surface area contributed by atoms with Crippen LogP contribution in [0.25, 0.3) is 0 Å². The van der Waals surface area contributed by atoms with Crippen molar-refractivity contribution >= 4 is 10.1 Å².